The third kappa shape index (κ3) is 5.25. The van der Waals surface area contributed by atoms with E-state index in [2.05, 4.69) is 21.7 Å². The fraction of sp³-hybridized carbons (Fsp3) is 0.276. The average molecular weight is 483 g/mol. The Labute approximate surface area is 210 Å². The highest BCUT2D eigenvalue weighted by molar-refractivity contribution is 5.88. The maximum Gasteiger partial charge on any atom is 0.411 e. The minimum absolute atomic E-state index is 0.0114. The standard InChI is InChI=1S/C29H30N4O3/c1-18-17-36-29(35)33-23-4-2-3-19(15-23)5-12-26(34)27(21-8-6-20(18)7-9-21)32-24-10-11-25-22(16-24)13-14-31-28(25)30/h2-4,6-11,13-16,18,22,25,27,32H,5,12,17H2,1H3,(H2,30,31)(H,33,35)/t18-,22?,25?,27?/m0/s1. The Morgan fingerprint density at radius 1 is 1.06 bits per heavy atom. The summed E-state index contributed by atoms with van der Waals surface area (Å²) in [6.07, 6.45) is 10.3. The molecular formula is C29H30N4O3. The molecular weight excluding hydrogens is 452 g/mol. The molecule has 184 valence electrons. The van der Waals surface area contributed by atoms with E-state index in [1.807, 2.05) is 73.7 Å². The second-order valence-corrected chi connectivity index (χ2v) is 9.51. The van der Waals surface area contributed by atoms with E-state index >= 15 is 0 Å². The van der Waals surface area contributed by atoms with Crippen LogP contribution in [0.3, 0.4) is 0 Å². The average Bonchev–Trinajstić information content (AvgIpc) is 2.89. The number of hydrogen-bond acceptors (Lipinski definition) is 6. The van der Waals surface area contributed by atoms with Gasteiger partial charge in [-0.25, -0.2) is 9.79 Å². The summed E-state index contributed by atoms with van der Waals surface area (Å²) in [5.41, 5.74) is 10.5. The maximum absolute atomic E-state index is 13.6. The Morgan fingerprint density at radius 2 is 1.86 bits per heavy atom. The van der Waals surface area contributed by atoms with Crippen molar-refractivity contribution in [3.05, 3.63) is 101 Å². The minimum atomic E-state index is -0.493. The van der Waals surface area contributed by atoms with Gasteiger partial charge in [0.25, 0.3) is 0 Å². The van der Waals surface area contributed by atoms with Gasteiger partial charge in [0, 0.05) is 41.8 Å². The van der Waals surface area contributed by atoms with Crippen molar-refractivity contribution in [3.63, 3.8) is 0 Å². The summed E-state index contributed by atoms with van der Waals surface area (Å²) in [5.74, 6) is 0.859. The molecule has 4 aliphatic rings. The summed E-state index contributed by atoms with van der Waals surface area (Å²) < 4.78 is 5.44. The van der Waals surface area contributed by atoms with Gasteiger partial charge >= 0.3 is 6.09 Å². The number of carbonyl (C=O) groups excluding carboxylic acids is 2. The number of rotatable bonds is 2. The van der Waals surface area contributed by atoms with Crippen LogP contribution in [0.2, 0.25) is 0 Å². The van der Waals surface area contributed by atoms with Crippen molar-refractivity contribution in [3.8, 4) is 0 Å². The first-order valence-electron chi connectivity index (χ1n) is 12.3. The van der Waals surface area contributed by atoms with Crippen molar-refractivity contribution in [2.24, 2.45) is 22.6 Å². The number of amidine groups is 1. The van der Waals surface area contributed by atoms with Crippen LogP contribution in [0.4, 0.5) is 10.5 Å². The summed E-state index contributed by atoms with van der Waals surface area (Å²) in [6, 6.07) is 15.0. The van der Waals surface area contributed by atoms with Gasteiger partial charge in [-0.05, 0) is 41.3 Å². The summed E-state index contributed by atoms with van der Waals surface area (Å²) in [7, 11) is 0. The molecule has 0 radical (unpaired) electrons. The molecule has 2 aromatic rings. The summed E-state index contributed by atoms with van der Waals surface area (Å²) >= 11 is 0. The highest BCUT2D eigenvalue weighted by Gasteiger charge is 2.27. The molecule has 7 heteroatoms. The van der Waals surface area contributed by atoms with E-state index < -0.39 is 12.1 Å². The third-order valence-electron chi connectivity index (χ3n) is 6.91. The molecule has 4 bridgehead atoms. The lowest BCUT2D eigenvalue weighted by Crippen LogP contribution is -2.33. The van der Waals surface area contributed by atoms with Crippen molar-refractivity contribution in [1.29, 1.82) is 0 Å². The molecule has 6 rings (SSSR count). The van der Waals surface area contributed by atoms with Crippen LogP contribution < -0.4 is 16.4 Å². The number of aliphatic imine (C=N–C) groups is 1. The molecule has 3 heterocycles. The molecule has 3 unspecified atom stereocenters. The Morgan fingerprint density at radius 3 is 2.69 bits per heavy atom. The first-order chi connectivity index (χ1) is 17.5. The van der Waals surface area contributed by atoms with Gasteiger partial charge in [0.1, 0.15) is 11.9 Å². The van der Waals surface area contributed by atoms with E-state index in [1.54, 1.807) is 6.20 Å². The molecule has 4 N–H and O–H groups in total. The molecule has 1 aliphatic carbocycles. The van der Waals surface area contributed by atoms with Gasteiger partial charge in [0.05, 0.1) is 6.61 Å². The number of nitrogens with two attached hydrogens (primary N) is 1. The Kier molecular flexibility index (Phi) is 6.71. The van der Waals surface area contributed by atoms with Gasteiger partial charge in [0.2, 0.25) is 0 Å². The van der Waals surface area contributed by atoms with E-state index in [4.69, 9.17) is 10.5 Å². The maximum atomic E-state index is 13.6. The van der Waals surface area contributed by atoms with Crippen LogP contribution in [-0.4, -0.2) is 24.3 Å². The highest BCUT2D eigenvalue weighted by atomic mass is 16.5. The first-order valence-corrected chi connectivity index (χ1v) is 12.3. The van der Waals surface area contributed by atoms with Gasteiger partial charge in [-0.15, -0.1) is 0 Å². The zero-order chi connectivity index (χ0) is 25.1. The quantitative estimate of drug-likeness (QED) is 0.573. The zero-order valence-electron chi connectivity index (χ0n) is 20.2. The molecule has 2 aromatic carbocycles. The zero-order valence-corrected chi connectivity index (χ0v) is 20.2. The van der Waals surface area contributed by atoms with Crippen LogP contribution in [-0.2, 0) is 16.0 Å². The van der Waals surface area contributed by atoms with Gasteiger partial charge in [-0.1, -0.05) is 61.5 Å². The van der Waals surface area contributed by atoms with Crippen LogP contribution in [0.5, 0.6) is 0 Å². The smallest absolute Gasteiger partial charge is 0.411 e. The second kappa shape index (κ2) is 10.2. The molecule has 0 spiro atoms. The van der Waals surface area contributed by atoms with Crippen LogP contribution in [0, 0.1) is 11.8 Å². The number of hydrogen-bond donors (Lipinski definition) is 3. The van der Waals surface area contributed by atoms with Gasteiger partial charge in [-0.2, -0.15) is 0 Å². The van der Waals surface area contributed by atoms with E-state index in [9.17, 15) is 9.59 Å². The molecule has 0 aromatic heterocycles. The predicted octanol–water partition coefficient (Wildman–Crippen LogP) is 4.76. The van der Waals surface area contributed by atoms with E-state index in [0.29, 0.717) is 24.4 Å². The van der Waals surface area contributed by atoms with Gasteiger partial charge in [-0.3, -0.25) is 10.1 Å². The van der Waals surface area contributed by atoms with Crippen LogP contribution in [0.25, 0.3) is 0 Å². The minimum Gasteiger partial charge on any atom is -0.449 e. The van der Waals surface area contributed by atoms with Crippen LogP contribution in [0.1, 0.15) is 42.0 Å². The third-order valence-corrected chi connectivity index (χ3v) is 6.91. The first kappa shape index (κ1) is 23.6. The molecule has 4 atom stereocenters. The highest BCUT2D eigenvalue weighted by Crippen LogP contribution is 2.29. The molecule has 0 fully saturated rings. The summed E-state index contributed by atoms with van der Waals surface area (Å²) in [5, 5.41) is 6.27. The number of benzene rings is 2. The number of nitrogens with one attached hydrogen (secondary N) is 2. The number of Topliss-reactive ketones (excluding diaryl/α,β-unsaturated/α-hetero) is 1. The van der Waals surface area contributed by atoms with Gasteiger partial charge < -0.3 is 15.8 Å². The van der Waals surface area contributed by atoms with Crippen molar-refractivity contribution < 1.29 is 14.3 Å². The van der Waals surface area contributed by atoms with Crippen molar-refractivity contribution in [2.75, 3.05) is 11.9 Å². The summed E-state index contributed by atoms with van der Waals surface area (Å²) in [4.78, 5) is 30.0. The molecule has 1 amide bonds. The lowest BCUT2D eigenvalue weighted by atomic mass is 9.85. The number of amides is 1. The Bertz CT molecular complexity index is 1280. The molecule has 7 nitrogen and oxygen atoms in total. The number of allylic oxidation sites excluding steroid dienone is 3. The molecule has 3 aliphatic heterocycles. The fourth-order valence-electron chi connectivity index (χ4n) is 4.78. The molecule has 0 saturated heterocycles. The number of aryl methyl sites for hydroxylation is 1. The van der Waals surface area contributed by atoms with Crippen molar-refractivity contribution >= 4 is 23.4 Å². The SMILES string of the molecule is C[C@H]1COC(=O)Nc2cccc(c2)CCC(=O)C(NC2=CC3C=CN=C(N)C3C=C2)c2ccc1cc2. The number of anilines is 1. The number of carbonyl (C=O) groups is 2. The summed E-state index contributed by atoms with van der Waals surface area (Å²) in [6.45, 7) is 2.26. The predicted molar refractivity (Wildman–Crippen MR) is 140 cm³/mol. The molecule has 36 heavy (non-hydrogen) atoms. The van der Waals surface area contributed by atoms with Crippen molar-refractivity contribution in [1.82, 2.24) is 5.32 Å². The molecule has 0 saturated carbocycles. The second-order valence-electron chi connectivity index (χ2n) is 9.51. The number of ether oxygens (including phenoxy) is 1. The van der Waals surface area contributed by atoms with E-state index in [0.717, 1.165) is 22.4 Å². The topological polar surface area (TPSA) is 106 Å². The van der Waals surface area contributed by atoms with E-state index in [1.165, 1.54) is 0 Å². The van der Waals surface area contributed by atoms with Gasteiger partial charge in [0.15, 0.2) is 5.78 Å². The number of nitrogens with zero attached hydrogens (tertiary/aromatic N) is 1. The normalized spacial score (nSPS) is 25.8. The Balaban J connectivity index is 1.43. The lowest BCUT2D eigenvalue weighted by Gasteiger charge is -2.28. The van der Waals surface area contributed by atoms with Crippen LogP contribution >= 0.6 is 0 Å². The number of ketones is 1. The fourth-order valence-corrected chi connectivity index (χ4v) is 4.78. The number of fused-ring (bicyclic) bond motifs is 10. The largest absolute Gasteiger partial charge is 0.449 e. The monoisotopic (exact) mass is 482 g/mol. The van der Waals surface area contributed by atoms with E-state index in [-0.39, 0.29) is 30.1 Å². The van der Waals surface area contributed by atoms with Crippen molar-refractivity contribution in [2.45, 2.75) is 31.7 Å². The Hall–Kier alpha value is -4.13. The lowest BCUT2D eigenvalue weighted by molar-refractivity contribution is -0.121. The van der Waals surface area contributed by atoms with Crippen LogP contribution in [0.15, 0.2) is 89.7 Å².